The summed E-state index contributed by atoms with van der Waals surface area (Å²) in [5.74, 6) is -0.224. The third-order valence-electron chi connectivity index (χ3n) is 5.23. The largest absolute Gasteiger partial charge is 0.394 e. The molecule has 0 spiro atoms. The van der Waals surface area contributed by atoms with Gasteiger partial charge in [-0.3, -0.25) is 14.5 Å². The fourth-order valence-electron chi connectivity index (χ4n) is 3.58. The number of benzene rings is 1. The van der Waals surface area contributed by atoms with Gasteiger partial charge in [0.05, 0.1) is 44.9 Å². The number of amides is 2. The number of morpholine rings is 1. The van der Waals surface area contributed by atoms with Crippen LogP contribution < -0.4 is 10.6 Å². The number of hydrogen-bond donors (Lipinski definition) is 3. The maximum atomic E-state index is 12.3. The number of aliphatic hydroxyl groups excluding tert-OH is 1. The van der Waals surface area contributed by atoms with Crippen LogP contribution in [0.4, 0.5) is 0 Å². The molecule has 8 nitrogen and oxygen atoms in total. The summed E-state index contributed by atoms with van der Waals surface area (Å²) in [6.07, 6.45) is 3.53. The molecule has 1 fully saturated rings. The van der Waals surface area contributed by atoms with E-state index in [0.29, 0.717) is 26.3 Å². The molecule has 3 atom stereocenters. The minimum absolute atomic E-state index is 0.105. The summed E-state index contributed by atoms with van der Waals surface area (Å²) < 4.78 is 11.1. The molecule has 30 heavy (non-hydrogen) atoms. The van der Waals surface area contributed by atoms with Crippen molar-refractivity contribution in [2.24, 2.45) is 0 Å². The third-order valence-corrected chi connectivity index (χ3v) is 5.23. The number of hydrogen-bond acceptors (Lipinski definition) is 6. The Morgan fingerprint density at radius 1 is 1.10 bits per heavy atom. The molecule has 1 aromatic carbocycles. The molecule has 0 aliphatic carbocycles. The lowest BCUT2D eigenvalue weighted by atomic mass is 10.0. The normalized spacial score (nSPS) is 24.4. The van der Waals surface area contributed by atoms with E-state index in [9.17, 15) is 14.7 Å². The molecule has 164 valence electrons. The van der Waals surface area contributed by atoms with Gasteiger partial charge < -0.3 is 25.2 Å². The van der Waals surface area contributed by atoms with Gasteiger partial charge in [0.25, 0.3) is 0 Å². The van der Waals surface area contributed by atoms with Gasteiger partial charge in [-0.2, -0.15) is 0 Å². The van der Waals surface area contributed by atoms with Crippen LogP contribution in [0.25, 0.3) is 0 Å². The Morgan fingerprint density at radius 3 is 2.60 bits per heavy atom. The van der Waals surface area contributed by atoms with E-state index in [0.717, 1.165) is 19.5 Å². The van der Waals surface area contributed by atoms with Crippen LogP contribution in [0.2, 0.25) is 0 Å². The first-order valence-electron chi connectivity index (χ1n) is 10.5. The van der Waals surface area contributed by atoms with E-state index in [2.05, 4.69) is 10.6 Å². The average molecular weight is 418 g/mol. The van der Waals surface area contributed by atoms with Crippen molar-refractivity contribution in [3.05, 3.63) is 48.0 Å². The first kappa shape index (κ1) is 22.4. The summed E-state index contributed by atoms with van der Waals surface area (Å²) in [5.41, 5.74) is 1.17. The lowest BCUT2D eigenvalue weighted by Crippen LogP contribution is -2.52. The summed E-state index contributed by atoms with van der Waals surface area (Å²) in [5, 5.41) is 15.5. The second kappa shape index (κ2) is 11.8. The van der Waals surface area contributed by atoms with Crippen LogP contribution in [0.5, 0.6) is 0 Å². The third kappa shape index (κ3) is 7.21. The zero-order chi connectivity index (χ0) is 21.2. The summed E-state index contributed by atoms with van der Waals surface area (Å²) in [7, 11) is 0. The van der Waals surface area contributed by atoms with Gasteiger partial charge in [-0.15, -0.1) is 0 Å². The summed E-state index contributed by atoms with van der Waals surface area (Å²) in [4.78, 5) is 26.5. The number of aliphatic hydroxyl groups is 1. The van der Waals surface area contributed by atoms with Gasteiger partial charge in [0, 0.05) is 19.6 Å². The molecule has 0 radical (unpaired) electrons. The second-order valence-electron chi connectivity index (χ2n) is 7.55. The van der Waals surface area contributed by atoms with Crippen molar-refractivity contribution in [2.75, 3.05) is 46.0 Å². The summed E-state index contributed by atoms with van der Waals surface area (Å²) in [6, 6.07) is 9.55. The van der Waals surface area contributed by atoms with Crippen LogP contribution in [-0.4, -0.2) is 86.1 Å². The van der Waals surface area contributed by atoms with Gasteiger partial charge in [-0.05, 0) is 12.0 Å². The minimum atomic E-state index is -0.578. The van der Waals surface area contributed by atoms with Crippen LogP contribution in [0.15, 0.2) is 42.5 Å². The van der Waals surface area contributed by atoms with Gasteiger partial charge in [0.2, 0.25) is 11.8 Å². The van der Waals surface area contributed by atoms with Crippen molar-refractivity contribution in [2.45, 2.75) is 31.1 Å². The molecule has 2 aliphatic rings. The Hall–Kier alpha value is -2.26. The van der Waals surface area contributed by atoms with Gasteiger partial charge in [-0.1, -0.05) is 42.5 Å². The molecular weight excluding hydrogens is 386 g/mol. The molecule has 2 heterocycles. The summed E-state index contributed by atoms with van der Waals surface area (Å²) >= 11 is 0. The molecule has 0 bridgehead atoms. The number of carbonyl (C=O) groups excluding carboxylic acids is 2. The highest BCUT2D eigenvalue weighted by molar-refractivity contribution is 5.79. The van der Waals surface area contributed by atoms with E-state index in [1.54, 1.807) is 6.08 Å². The van der Waals surface area contributed by atoms with Crippen molar-refractivity contribution >= 4 is 11.8 Å². The van der Waals surface area contributed by atoms with E-state index >= 15 is 0 Å². The first-order chi connectivity index (χ1) is 14.6. The lowest BCUT2D eigenvalue weighted by Gasteiger charge is -2.32. The second-order valence-corrected chi connectivity index (χ2v) is 7.55. The maximum Gasteiger partial charge on any atom is 0.234 e. The van der Waals surface area contributed by atoms with Gasteiger partial charge in [-0.25, -0.2) is 0 Å². The van der Waals surface area contributed by atoms with Crippen molar-refractivity contribution in [3.8, 4) is 0 Å². The smallest absolute Gasteiger partial charge is 0.234 e. The zero-order valence-corrected chi connectivity index (χ0v) is 17.2. The zero-order valence-electron chi connectivity index (χ0n) is 17.2. The standard InChI is InChI=1S/C22H31N3O5/c26-16-20-19(24-22(28)15-25-10-12-29-13-11-25)7-6-18(30-20)14-21(27)23-9-8-17-4-2-1-3-5-17/h1-7,18-20,26H,8-16H2,(H,23,27)(H,24,28)/t18-,19+,20-/m1/s1. The monoisotopic (exact) mass is 417 g/mol. The van der Waals surface area contributed by atoms with Crippen LogP contribution >= 0.6 is 0 Å². The molecule has 0 aromatic heterocycles. The Kier molecular flexibility index (Phi) is 8.82. The molecule has 0 saturated carbocycles. The number of carbonyl (C=O) groups is 2. The highest BCUT2D eigenvalue weighted by Crippen LogP contribution is 2.16. The topological polar surface area (TPSA) is 100 Å². The van der Waals surface area contributed by atoms with E-state index in [1.807, 2.05) is 41.3 Å². The fraction of sp³-hybridized carbons (Fsp3) is 0.545. The average Bonchev–Trinajstić information content (AvgIpc) is 2.76. The van der Waals surface area contributed by atoms with Crippen molar-refractivity contribution in [3.63, 3.8) is 0 Å². The predicted molar refractivity (Wildman–Crippen MR) is 112 cm³/mol. The Bertz CT molecular complexity index is 706. The van der Waals surface area contributed by atoms with Gasteiger partial charge in [0.1, 0.15) is 6.10 Å². The highest BCUT2D eigenvalue weighted by Gasteiger charge is 2.29. The van der Waals surface area contributed by atoms with E-state index in [4.69, 9.17) is 9.47 Å². The van der Waals surface area contributed by atoms with Crippen LogP contribution in [-0.2, 0) is 25.5 Å². The highest BCUT2D eigenvalue weighted by atomic mass is 16.5. The van der Waals surface area contributed by atoms with E-state index < -0.39 is 18.2 Å². The van der Waals surface area contributed by atoms with E-state index in [1.165, 1.54) is 5.56 Å². The Morgan fingerprint density at radius 2 is 1.87 bits per heavy atom. The van der Waals surface area contributed by atoms with Gasteiger partial charge in [0.15, 0.2) is 0 Å². The summed E-state index contributed by atoms with van der Waals surface area (Å²) in [6.45, 7) is 3.34. The molecule has 3 rings (SSSR count). The lowest BCUT2D eigenvalue weighted by molar-refractivity contribution is -0.129. The number of rotatable bonds is 9. The van der Waals surface area contributed by atoms with Crippen molar-refractivity contribution in [1.29, 1.82) is 0 Å². The van der Waals surface area contributed by atoms with Gasteiger partial charge >= 0.3 is 0 Å². The molecular formula is C22H31N3O5. The maximum absolute atomic E-state index is 12.3. The molecule has 1 aromatic rings. The quantitative estimate of drug-likeness (QED) is 0.484. The van der Waals surface area contributed by atoms with Crippen LogP contribution in [0.1, 0.15) is 12.0 Å². The van der Waals surface area contributed by atoms with Crippen molar-refractivity contribution in [1.82, 2.24) is 15.5 Å². The SMILES string of the molecule is O=C(C[C@H]1C=C[C@H](NC(=O)CN2CCOCC2)[C@@H](CO)O1)NCCc1ccccc1. The van der Waals surface area contributed by atoms with E-state index in [-0.39, 0.29) is 24.8 Å². The molecule has 1 saturated heterocycles. The Labute approximate surface area is 177 Å². The Balaban J connectivity index is 1.41. The van der Waals surface area contributed by atoms with Crippen LogP contribution in [0.3, 0.4) is 0 Å². The van der Waals surface area contributed by atoms with Crippen molar-refractivity contribution < 1.29 is 24.2 Å². The number of nitrogens with one attached hydrogen (secondary N) is 2. The molecule has 8 heteroatoms. The predicted octanol–water partition coefficient (Wildman–Crippen LogP) is -0.132. The minimum Gasteiger partial charge on any atom is -0.394 e. The number of nitrogens with zero attached hydrogens (tertiary/aromatic N) is 1. The molecule has 0 unspecified atom stereocenters. The van der Waals surface area contributed by atoms with Crippen LogP contribution in [0, 0.1) is 0 Å². The molecule has 3 N–H and O–H groups in total. The first-order valence-corrected chi connectivity index (χ1v) is 10.5. The molecule has 2 aliphatic heterocycles. The molecule has 2 amide bonds. The number of ether oxygens (including phenoxy) is 2. The fourth-order valence-corrected chi connectivity index (χ4v) is 3.58.